The van der Waals surface area contributed by atoms with Crippen molar-refractivity contribution in [3.05, 3.63) is 58.0 Å². The summed E-state index contributed by atoms with van der Waals surface area (Å²) in [6.45, 7) is 5.28. The maximum Gasteiger partial charge on any atom is 0.340 e. The highest BCUT2D eigenvalue weighted by molar-refractivity contribution is 5.92. The summed E-state index contributed by atoms with van der Waals surface area (Å²) in [6.07, 6.45) is 1.11. The Labute approximate surface area is 172 Å². The number of rotatable bonds is 6. The van der Waals surface area contributed by atoms with E-state index in [0.29, 0.717) is 13.1 Å². The Morgan fingerprint density at radius 3 is 2.63 bits per heavy atom. The summed E-state index contributed by atoms with van der Waals surface area (Å²) in [5, 5.41) is 15.9. The van der Waals surface area contributed by atoms with E-state index in [-0.39, 0.29) is 40.7 Å². The van der Waals surface area contributed by atoms with Gasteiger partial charge in [0.2, 0.25) is 0 Å². The summed E-state index contributed by atoms with van der Waals surface area (Å²) in [7, 11) is 0. The molecular weight excluding hydrogens is 397 g/mol. The Kier molecular flexibility index (Phi) is 5.99. The highest BCUT2D eigenvalue weighted by Gasteiger charge is 2.40. The normalized spacial score (nSPS) is 15.6. The zero-order chi connectivity index (χ0) is 22.1. The molecule has 2 heterocycles. The van der Waals surface area contributed by atoms with Crippen LogP contribution < -0.4 is 10.6 Å². The van der Waals surface area contributed by atoms with Gasteiger partial charge in [0.05, 0.1) is 24.3 Å². The molecule has 0 spiro atoms. The summed E-state index contributed by atoms with van der Waals surface area (Å²) in [4.78, 5) is 16.5. The molecule has 3 rings (SSSR count). The van der Waals surface area contributed by atoms with E-state index in [1.807, 2.05) is 6.07 Å². The van der Waals surface area contributed by atoms with Crippen LogP contribution in [0.1, 0.15) is 40.9 Å². The molecule has 0 bridgehead atoms. The van der Waals surface area contributed by atoms with Crippen LogP contribution in [-0.2, 0) is 10.2 Å². The number of nitriles is 1. The molecule has 1 aromatic carbocycles. The van der Waals surface area contributed by atoms with E-state index in [2.05, 4.69) is 15.6 Å². The minimum atomic E-state index is -1.95. The van der Waals surface area contributed by atoms with E-state index < -0.39 is 28.8 Å². The van der Waals surface area contributed by atoms with Crippen LogP contribution in [0.15, 0.2) is 18.3 Å². The number of nitrogens with one attached hydrogen (secondary N) is 2. The standard InChI is InChI=1S/C21H21F3N4O2/c1-4-30-20(29)13-9-27-19(28-12-7-26-8-12)18(24)16(13)21(3,10-25)14-5-6-15(22)11(2)17(14)23/h5-6,9,12,26H,4,7-8H2,1-3H3,(H,27,28). The minimum Gasteiger partial charge on any atom is -0.462 e. The lowest BCUT2D eigenvalue weighted by molar-refractivity contribution is 0.0523. The predicted molar refractivity (Wildman–Crippen MR) is 104 cm³/mol. The van der Waals surface area contributed by atoms with Crippen LogP contribution in [0, 0.1) is 35.7 Å². The van der Waals surface area contributed by atoms with Gasteiger partial charge in [0.1, 0.15) is 17.0 Å². The summed E-state index contributed by atoms with van der Waals surface area (Å²) >= 11 is 0. The van der Waals surface area contributed by atoms with Gasteiger partial charge in [-0.15, -0.1) is 0 Å². The van der Waals surface area contributed by atoms with Crippen LogP contribution in [-0.4, -0.2) is 36.7 Å². The molecular formula is C21H21F3N4O2. The molecule has 1 fully saturated rings. The lowest BCUT2D eigenvalue weighted by atomic mass is 9.74. The number of halogens is 3. The number of pyridine rings is 1. The molecule has 1 aliphatic rings. The highest BCUT2D eigenvalue weighted by atomic mass is 19.1. The molecule has 9 heteroatoms. The average molecular weight is 418 g/mol. The van der Waals surface area contributed by atoms with Crippen molar-refractivity contribution in [2.24, 2.45) is 0 Å². The maximum absolute atomic E-state index is 15.6. The second kappa shape index (κ2) is 8.32. The lowest BCUT2D eigenvalue weighted by Crippen LogP contribution is -2.51. The lowest BCUT2D eigenvalue weighted by Gasteiger charge is -2.30. The number of ether oxygens (including phenoxy) is 1. The van der Waals surface area contributed by atoms with E-state index in [0.717, 1.165) is 18.3 Å². The molecule has 30 heavy (non-hydrogen) atoms. The van der Waals surface area contributed by atoms with E-state index in [1.54, 1.807) is 6.92 Å². The number of carbonyl (C=O) groups is 1. The molecule has 1 atom stereocenters. The Morgan fingerprint density at radius 2 is 2.07 bits per heavy atom. The molecule has 2 aromatic rings. The molecule has 0 amide bonds. The number of esters is 1. The largest absolute Gasteiger partial charge is 0.462 e. The topological polar surface area (TPSA) is 87.0 Å². The number of aromatic nitrogens is 1. The fourth-order valence-corrected chi connectivity index (χ4v) is 3.32. The van der Waals surface area contributed by atoms with Crippen molar-refractivity contribution >= 4 is 11.8 Å². The van der Waals surface area contributed by atoms with Crippen molar-refractivity contribution in [3.8, 4) is 6.07 Å². The molecule has 1 aromatic heterocycles. The Bertz CT molecular complexity index is 1030. The molecule has 6 nitrogen and oxygen atoms in total. The van der Waals surface area contributed by atoms with Crippen LogP contribution in [0.5, 0.6) is 0 Å². The fraction of sp³-hybridized carbons (Fsp3) is 0.381. The number of hydrogen-bond donors (Lipinski definition) is 2. The first-order valence-electron chi connectivity index (χ1n) is 9.44. The first-order chi connectivity index (χ1) is 14.2. The van der Waals surface area contributed by atoms with Crippen molar-refractivity contribution in [3.63, 3.8) is 0 Å². The molecule has 0 saturated carbocycles. The number of nitrogens with zero attached hydrogens (tertiary/aromatic N) is 2. The van der Waals surface area contributed by atoms with Crippen LogP contribution >= 0.6 is 0 Å². The van der Waals surface area contributed by atoms with Crippen LogP contribution in [0.3, 0.4) is 0 Å². The minimum absolute atomic E-state index is 0.0148. The van der Waals surface area contributed by atoms with Gasteiger partial charge < -0.3 is 15.4 Å². The average Bonchev–Trinajstić information content (AvgIpc) is 2.69. The van der Waals surface area contributed by atoms with E-state index in [1.165, 1.54) is 13.8 Å². The SMILES string of the molecule is CCOC(=O)c1cnc(NC2CNC2)c(F)c1C(C)(C#N)c1ccc(F)c(C)c1F. The Balaban J connectivity index is 2.26. The van der Waals surface area contributed by atoms with Gasteiger partial charge >= 0.3 is 5.97 Å². The smallest absolute Gasteiger partial charge is 0.340 e. The molecule has 1 unspecified atom stereocenters. The zero-order valence-corrected chi connectivity index (χ0v) is 16.8. The number of anilines is 1. The summed E-state index contributed by atoms with van der Waals surface area (Å²) < 4.78 is 49.4. The zero-order valence-electron chi connectivity index (χ0n) is 16.8. The second-order valence-electron chi connectivity index (χ2n) is 7.20. The van der Waals surface area contributed by atoms with Crippen molar-refractivity contribution in [2.75, 3.05) is 25.0 Å². The van der Waals surface area contributed by atoms with Gasteiger partial charge in [-0.2, -0.15) is 5.26 Å². The Hall–Kier alpha value is -3.12. The molecule has 158 valence electrons. The monoisotopic (exact) mass is 418 g/mol. The van der Waals surface area contributed by atoms with Crippen molar-refractivity contribution in [2.45, 2.75) is 32.2 Å². The van der Waals surface area contributed by atoms with Gasteiger partial charge in [0, 0.05) is 36.0 Å². The quantitative estimate of drug-likeness (QED) is 0.701. The third kappa shape index (κ3) is 3.59. The van der Waals surface area contributed by atoms with E-state index in [4.69, 9.17) is 4.74 Å². The van der Waals surface area contributed by atoms with Crippen LogP contribution in [0.25, 0.3) is 0 Å². The molecule has 1 saturated heterocycles. The number of carbonyl (C=O) groups excluding carboxylic acids is 1. The molecule has 2 N–H and O–H groups in total. The van der Waals surface area contributed by atoms with Gasteiger partial charge in [-0.05, 0) is 26.8 Å². The first kappa shape index (κ1) is 21.6. The maximum atomic E-state index is 15.6. The van der Waals surface area contributed by atoms with E-state index in [9.17, 15) is 18.8 Å². The third-order valence-corrected chi connectivity index (χ3v) is 5.22. The predicted octanol–water partition coefficient (Wildman–Crippen LogP) is 3.20. The Morgan fingerprint density at radius 1 is 1.37 bits per heavy atom. The third-order valence-electron chi connectivity index (χ3n) is 5.22. The molecule has 0 aliphatic carbocycles. The van der Waals surface area contributed by atoms with E-state index >= 15 is 4.39 Å². The highest BCUT2D eigenvalue weighted by Crippen LogP contribution is 2.39. The van der Waals surface area contributed by atoms with Gasteiger partial charge in [0.25, 0.3) is 0 Å². The number of benzene rings is 1. The molecule has 0 radical (unpaired) electrons. The van der Waals surface area contributed by atoms with Crippen molar-refractivity contribution in [1.29, 1.82) is 5.26 Å². The van der Waals surface area contributed by atoms with Gasteiger partial charge in [-0.3, -0.25) is 0 Å². The first-order valence-corrected chi connectivity index (χ1v) is 9.44. The van der Waals surface area contributed by atoms with Crippen LogP contribution in [0.2, 0.25) is 0 Å². The van der Waals surface area contributed by atoms with Crippen molar-refractivity contribution in [1.82, 2.24) is 10.3 Å². The summed E-state index contributed by atoms with van der Waals surface area (Å²) in [5.74, 6) is -3.79. The molecule has 1 aliphatic heterocycles. The summed E-state index contributed by atoms with van der Waals surface area (Å²) in [6, 6.07) is 3.92. The summed E-state index contributed by atoms with van der Waals surface area (Å²) in [5.41, 5.74) is -3.18. The van der Waals surface area contributed by atoms with Gasteiger partial charge in [-0.1, -0.05) is 6.07 Å². The number of hydrogen-bond acceptors (Lipinski definition) is 6. The van der Waals surface area contributed by atoms with Crippen LogP contribution in [0.4, 0.5) is 19.0 Å². The van der Waals surface area contributed by atoms with Gasteiger partial charge in [-0.25, -0.2) is 22.9 Å². The van der Waals surface area contributed by atoms with Crippen molar-refractivity contribution < 1.29 is 22.7 Å². The second-order valence-corrected chi connectivity index (χ2v) is 7.20. The van der Waals surface area contributed by atoms with Gasteiger partial charge in [0.15, 0.2) is 11.6 Å². The fourth-order valence-electron chi connectivity index (χ4n) is 3.32.